The van der Waals surface area contributed by atoms with Crippen LogP contribution in [0.25, 0.3) is 0 Å². The number of halogens is 3. The molecule has 122 valence electrons. The van der Waals surface area contributed by atoms with E-state index in [1.807, 2.05) is 0 Å². The third-order valence-electron chi connectivity index (χ3n) is 4.31. The summed E-state index contributed by atoms with van der Waals surface area (Å²) in [4.78, 5) is 0.0932. The average Bonchev–Trinajstić information content (AvgIpc) is 2.84. The van der Waals surface area contributed by atoms with Gasteiger partial charge in [0.25, 0.3) is 0 Å². The summed E-state index contributed by atoms with van der Waals surface area (Å²) in [5.41, 5.74) is -4.31. The van der Waals surface area contributed by atoms with Crippen LogP contribution in [0, 0.1) is 11.8 Å². The molecule has 1 aliphatic carbocycles. The number of thioether (sulfide) groups is 1. The third-order valence-corrected chi connectivity index (χ3v) is 5.04. The Morgan fingerprint density at radius 1 is 1.18 bits per heavy atom. The summed E-state index contributed by atoms with van der Waals surface area (Å²) < 4.78 is 43.0. The molecule has 1 saturated heterocycles. The van der Waals surface area contributed by atoms with Crippen LogP contribution in [0.4, 0.5) is 13.2 Å². The van der Waals surface area contributed by atoms with E-state index in [1.54, 1.807) is 12.1 Å². The molecule has 4 atom stereocenters. The summed E-state index contributed by atoms with van der Waals surface area (Å²) >= 11 is -0.159. The van der Waals surface area contributed by atoms with Crippen LogP contribution >= 0.6 is 11.8 Å². The Hall–Kier alpha value is -0.920. The molecule has 3 rings (SSSR count). The Morgan fingerprint density at radius 2 is 1.91 bits per heavy atom. The molecule has 0 amide bonds. The van der Waals surface area contributed by atoms with E-state index in [9.17, 15) is 18.3 Å². The lowest BCUT2D eigenvalue weighted by molar-refractivity contribution is -0.0329. The van der Waals surface area contributed by atoms with Crippen LogP contribution in [-0.4, -0.2) is 35.9 Å². The number of benzene rings is 1. The summed E-state index contributed by atoms with van der Waals surface area (Å²) in [6.07, 6.45) is 0.488. The third kappa shape index (κ3) is 3.88. The van der Waals surface area contributed by atoms with Gasteiger partial charge in [0.15, 0.2) is 0 Å². The monoisotopic (exact) mass is 333 g/mol. The number of alkyl halides is 3. The fourth-order valence-electron chi connectivity index (χ4n) is 3.30. The van der Waals surface area contributed by atoms with Gasteiger partial charge in [-0.1, -0.05) is 6.07 Å². The maximum atomic E-state index is 12.4. The van der Waals surface area contributed by atoms with Crippen LogP contribution in [-0.2, 0) is 0 Å². The molecule has 2 aliphatic rings. The van der Waals surface area contributed by atoms with Crippen molar-refractivity contribution in [1.82, 2.24) is 5.32 Å². The number of nitrogens with one attached hydrogen (secondary N) is 1. The van der Waals surface area contributed by atoms with Crippen molar-refractivity contribution < 1.29 is 23.0 Å². The van der Waals surface area contributed by atoms with Crippen molar-refractivity contribution in [3.05, 3.63) is 24.3 Å². The highest BCUT2D eigenvalue weighted by molar-refractivity contribution is 8.00. The van der Waals surface area contributed by atoms with Crippen molar-refractivity contribution in [2.45, 2.75) is 35.5 Å². The fourth-order valence-corrected chi connectivity index (χ4v) is 3.89. The highest BCUT2D eigenvalue weighted by Crippen LogP contribution is 2.39. The predicted molar refractivity (Wildman–Crippen MR) is 77.9 cm³/mol. The van der Waals surface area contributed by atoms with Gasteiger partial charge in [0, 0.05) is 4.90 Å². The minimum Gasteiger partial charge on any atom is -0.488 e. The summed E-state index contributed by atoms with van der Waals surface area (Å²) in [6.45, 7) is 1.84. The van der Waals surface area contributed by atoms with Gasteiger partial charge < -0.3 is 15.2 Å². The molecule has 0 spiro atoms. The van der Waals surface area contributed by atoms with Crippen LogP contribution < -0.4 is 10.1 Å². The van der Waals surface area contributed by atoms with Gasteiger partial charge in [0.05, 0.1) is 6.10 Å². The maximum Gasteiger partial charge on any atom is 0.446 e. The molecule has 0 bridgehead atoms. The van der Waals surface area contributed by atoms with Gasteiger partial charge in [-0.25, -0.2) is 0 Å². The van der Waals surface area contributed by atoms with Crippen LogP contribution in [0.15, 0.2) is 29.2 Å². The molecule has 7 heteroatoms. The van der Waals surface area contributed by atoms with Crippen molar-refractivity contribution in [1.29, 1.82) is 0 Å². The maximum absolute atomic E-state index is 12.4. The van der Waals surface area contributed by atoms with Crippen LogP contribution in [0.3, 0.4) is 0 Å². The molecule has 1 aliphatic heterocycles. The molecule has 0 unspecified atom stereocenters. The largest absolute Gasteiger partial charge is 0.488 e. The number of hydrogen-bond acceptors (Lipinski definition) is 4. The van der Waals surface area contributed by atoms with Gasteiger partial charge in [-0.2, -0.15) is 13.2 Å². The first kappa shape index (κ1) is 16.0. The molecule has 0 aromatic heterocycles. The molecule has 3 nitrogen and oxygen atoms in total. The molecular formula is C15H18F3NO2S. The summed E-state index contributed by atoms with van der Waals surface area (Å²) in [5, 5.41) is 13.5. The molecule has 1 saturated carbocycles. The number of hydrogen-bond donors (Lipinski definition) is 2. The number of fused-ring (bicyclic) bond motifs is 1. The molecule has 22 heavy (non-hydrogen) atoms. The Balaban J connectivity index is 1.66. The lowest BCUT2D eigenvalue weighted by Crippen LogP contribution is -2.42. The predicted octanol–water partition coefficient (Wildman–Crippen LogP) is 3.04. The van der Waals surface area contributed by atoms with Gasteiger partial charge >= 0.3 is 5.51 Å². The van der Waals surface area contributed by atoms with Crippen LogP contribution in [0.1, 0.15) is 12.8 Å². The average molecular weight is 333 g/mol. The first-order valence-corrected chi connectivity index (χ1v) is 8.13. The van der Waals surface area contributed by atoms with E-state index in [4.69, 9.17) is 4.74 Å². The van der Waals surface area contributed by atoms with E-state index >= 15 is 0 Å². The molecule has 1 heterocycles. The van der Waals surface area contributed by atoms with Crippen LogP contribution in [0.2, 0.25) is 0 Å². The highest BCUT2D eigenvalue weighted by atomic mass is 32.2. The summed E-state index contributed by atoms with van der Waals surface area (Å²) in [7, 11) is 0. The van der Waals surface area contributed by atoms with Crippen molar-refractivity contribution in [2.75, 3.05) is 13.1 Å². The zero-order chi connectivity index (χ0) is 15.7. The SMILES string of the molecule is O[C@@H]1C[C@H]2CNC[C@H]2C[C@H]1Oc1cccc(SC(F)(F)F)c1. The Kier molecular flexibility index (Phi) is 4.56. The lowest BCUT2D eigenvalue weighted by Gasteiger charge is -2.35. The van der Waals surface area contributed by atoms with E-state index in [0.717, 1.165) is 19.5 Å². The van der Waals surface area contributed by atoms with Crippen molar-refractivity contribution >= 4 is 11.8 Å². The van der Waals surface area contributed by atoms with E-state index in [2.05, 4.69) is 5.32 Å². The van der Waals surface area contributed by atoms with E-state index in [1.165, 1.54) is 12.1 Å². The molecule has 2 N–H and O–H groups in total. The van der Waals surface area contributed by atoms with E-state index in [-0.39, 0.29) is 22.8 Å². The number of ether oxygens (including phenoxy) is 1. The second-order valence-electron chi connectivity index (χ2n) is 5.90. The first-order valence-electron chi connectivity index (χ1n) is 7.32. The van der Waals surface area contributed by atoms with Gasteiger partial charge in [0.2, 0.25) is 0 Å². The fraction of sp³-hybridized carbons (Fsp3) is 0.600. The second-order valence-corrected chi connectivity index (χ2v) is 7.03. The second kappa shape index (κ2) is 6.29. The Labute approximate surface area is 131 Å². The molecule has 1 aromatic rings. The molecule has 0 radical (unpaired) electrons. The van der Waals surface area contributed by atoms with Gasteiger partial charge in [0.1, 0.15) is 11.9 Å². The Bertz CT molecular complexity index is 526. The lowest BCUT2D eigenvalue weighted by atomic mass is 9.78. The van der Waals surface area contributed by atoms with E-state index < -0.39 is 11.6 Å². The summed E-state index contributed by atoms with van der Waals surface area (Å²) in [5.74, 6) is 1.32. The van der Waals surface area contributed by atoms with Gasteiger partial charge in [-0.3, -0.25) is 0 Å². The number of aliphatic hydroxyl groups is 1. The molecule has 2 fully saturated rings. The minimum atomic E-state index is -4.31. The van der Waals surface area contributed by atoms with Crippen molar-refractivity contribution in [3.63, 3.8) is 0 Å². The van der Waals surface area contributed by atoms with Crippen molar-refractivity contribution in [2.24, 2.45) is 11.8 Å². The minimum absolute atomic E-state index is 0.0932. The number of rotatable bonds is 3. The zero-order valence-corrected chi connectivity index (χ0v) is 12.7. The normalized spacial score (nSPS) is 31.8. The smallest absolute Gasteiger partial charge is 0.446 e. The first-order chi connectivity index (χ1) is 10.4. The van der Waals surface area contributed by atoms with E-state index in [0.29, 0.717) is 24.0 Å². The van der Waals surface area contributed by atoms with Crippen molar-refractivity contribution in [3.8, 4) is 5.75 Å². The summed E-state index contributed by atoms with van der Waals surface area (Å²) in [6, 6.07) is 5.95. The highest BCUT2D eigenvalue weighted by Gasteiger charge is 2.40. The number of aliphatic hydroxyl groups excluding tert-OH is 1. The molecular weight excluding hydrogens is 315 g/mol. The van der Waals surface area contributed by atoms with Crippen LogP contribution in [0.5, 0.6) is 5.75 Å². The van der Waals surface area contributed by atoms with Gasteiger partial charge in [-0.15, -0.1) is 0 Å². The topological polar surface area (TPSA) is 41.5 Å². The van der Waals surface area contributed by atoms with Gasteiger partial charge in [-0.05, 0) is 67.7 Å². The Morgan fingerprint density at radius 3 is 2.64 bits per heavy atom. The molecule has 1 aromatic carbocycles. The standard InChI is InChI=1S/C15H18F3NO2S/c16-15(17,18)22-12-3-1-2-11(6-12)21-14-5-10-8-19-7-9(10)4-13(14)20/h1-3,6,9-10,13-14,19-20H,4-5,7-8H2/t9-,10+,13+,14+/m0/s1. The quantitative estimate of drug-likeness (QED) is 0.835. The zero-order valence-electron chi connectivity index (χ0n) is 11.8.